The summed E-state index contributed by atoms with van der Waals surface area (Å²) in [5.74, 6) is 0.00322. The molecular weight excluding hydrogens is 538 g/mol. The number of ketones is 1. The molecule has 3 rings (SSSR count). The van der Waals surface area contributed by atoms with Crippen molar-refractivity contribution in [3.05, 3.63) is 84.6 Å². The van der Waals surface area contributed by atoms with Crippen molar-refractivity contribution in [2.45, 2.75) is 33.6 Å². The third kappa shape index (κ3) is 6.09. The Bertz CT molecular complexity index is 1010. The van der Waals surface area contributed by atoms with Crippen molar-refractivity contribution in [2.75, 3.05) is 0 Å². The predicted octanol–water partition coefficient (Wildman–Crippen LogP) is 5.89. The van der Waals surface area contributed by atoms with Gasteiger partial charge in [-0.05, 0) is 24.6 Å². The molecule has 0 aliphatic heterocycles. The van der Waals surface area contributed by atoms with E-state index < -0.39 is 5.41 Å². The number of aliphatic hydroxyl groups is 1. The summed E-state index contributed by atoms with van der Waals surface area (Å²) < 4.78 is 0. The number of aliphatic hydroxyl groups excluding tert-OH is 1. The van der Waals surface area contributed by atoms with Crippen LogP contribution in [0.2, 0.25) is 0 Å². The summed E-state index contributed by atoms with van der Waals surface area (Å²) in [5.41, 5.74) is 2.29. The third-order valence-corrected chi connectivity index (χ3v) is 4.53. The van der Waals surface area contributed by atoms with Crippen molar-refractivity contribution < 1.29 is 30.0 Å². The van der Waals surface area contributed by atoms with E-state index in [1.807, 2.05) is 69.7 Å². The zero-order valence-electron chi connectivity index (χ0n) is 16.9. The molecule has 2 aromatic carbocycles. The van der Waals surface area contributed by atoms with Crippen LogP contribution in [0.25, 0.3) is 22.0 Å². The van der Waals surface area contributed by atoms with Crippen molar-refractivity contribution in [1.82, 2.24) is 4.98 Å². The molecule has 0 bridgehead atoms. The van der Waals surface area contributed by atoms with Crippen LogP contribution in [-0.2, 0) is 31.3 Å². The van der Waals surface area contributed by atoms with Gasteiger partial charge in [0.2, 0.25) is 0 Å². The van der Waals surface area contributed by atoms with Crippen LogP contribution in [-0.4, -0.2) is 15.9 Å². The van der Waals surface area contributed by atoms with Gasteiger partial charge in [0.1, 0.15) is 0 Å². The minimum atomic E-state index is -0.487. The van der Waals surface area contributed by atoms with Crippen molar-refractivity contribution in [1.29, 1.82) is 0 Å². The Morgan fingerprint density at radius 1 is 1.10 bits per heavy atom. The molecule has 3 nitrogen and oxygen atoms in total. The maximum Gasteiger partial charge on any atom is 0.164 e. The van der Waals surface area contributed by atoms with Crippen LogP contribution < -0.4 is 0 Å². The monoisotopic (exact) mass is 564 g/mol. The molecule has 1 heterocycles. The third-order valence-electron chi connectivity index (χ3n) is 4.53. The van der Waals surface area contributed by atoms with E-state index in [-0.39, 0.29) is 31.6 Å². The normalized spacial score (nSPS) is 11.9. The van der Waals surface area contributed by atoms with Crippen molar-refractivity contribution in [2.24, 2.45) is 5.41 Å². The fourth-order valence-corrected chi connectivity index (χ4v) is 2.90. The number of aromatic nitrogens is 1. The van der Waals surface area contributed by atoms with E-state index in [4.69, 9.17) is 4.98 Å². The van der Waals surface area contributed by atoms with Crippen LogP contribution >= 0.6 is 0 Å². The van der Waals surface area contributed by atoms with Gasteiger partial charge in [-0.3, -0.25) is 4.79 Å². The van der Waals surface area contributed by atoms with Crippen LogP contribution in [0.5, 0.6) is 0 Å². The van der Waals surface area contributed by atoms with Crippen LogP contribution in [0.1, 0.15) is 32.9 Å². The molecule has 152 valence electrons. The first-order chi connectivity index (χ1) is 13.3. The molecule has 2 radical (unpaired) electrons. The van der Waals surface area contributed by atoms with E-state index in [2.05, 4.69) is 18.2 Å². The predicted molar refractivity (Wildman–Crippen MR) is 114 cm³/mol. The van der Waals surface area contributed by atoms with Gasteiger partial charge >= 0.3 is 0 Å². The number of hydrogen-bond donors (Lipinski definition) is 1. The number of carbonyl (C=O) groups is 1. The summed E-state index contributed by atoms with van der Waals surface area (Å²) in [6, 6.07) is 21.4. The Morgan fingerprint density at radius 3 is 2.62 bits per heavy atom. The molecule has 0 aliphatic rings. The molecule has 0 spiro atoms. The Hall–Kier alpha value is -2.29. The fraction of sp³-hybridized carbons (Fsp3) is 0.240. The van der Waals surface area contributed by atoms with Gasteiger partial charge in [0.05, 0.1) is 5.76 Å². The van der Waals surface area contributed by atoms with E-state index in [0.717, 1.165) is 27.7 Å². The van der Waals surface area contributed by atoms with Crippen LogP contribution in [0.4, 0.5) is 0 Å². The van der Waals surface area contributed by atoms with Gasteiger partial charge < -0.3 is 10.1 Å². The largest absolute Gasteiger partial charge is 0.512 e. The Labute approximate surface area is 186 Å². The number of carbonyl (C=O) groups excluding carboxylic acids is 1. The van der Waals surface area contributed by atoms with Crippen LogP contribution in [0, 0.1) is 17.9 Å². The van der Waals surface area contributed by atoms with Crippen LogP contribution in [0.15, 0.2) is 66.4 Å². The average Bonchev–Trinajstić information content (AvgIpc) is 2.67. The van der Waals surface area contributed by atoms with E-state index >= 15 is 0 Å². The minimum absolute atomic E-state index is 0. The van der Waals surface area contributed by atoms with Gasteiger partial charge in [-0.1, -0.05) is 62.6 Å². The van der Waals surface area contributed by atoms with Gasteiger partial charge in [-0.15, -0.1) is 29.1 Å². The molecule has 29 heavy (non-hydrogen) atoms. The number of benzene rings is 2. The smallest absolute Gasteiger partial charge is 0.164 e. The summed E-state index contributed by atoms with van der Waals surface area (Å²) in [6.45, 7) is 5.51. The molecule has 0 atom stereocenters. The molecular formula is C25H25IrNO2-. The van der Waals surface area contributed by atoms with Gasteiger partial charge in [0.25, 0.3) is 0 Å². The first kappa shape index (κ1) is 23.0. The summed E-state index contributed by atoms with van der Waals surface area (Å²) in [6.07, 6.45) is 4.21. The molecule has 0 aliphatic carbocycles. The number of hydrogen-bond acceptors (Lipinski definition) is 3. The first-order valence-corrected chi connectivity index (χ1v) is 9.46. The molecule has 0 fully saturated rings. The molecule has 0 amide bonds. The summed E-state index contributed by atoms with van der Waals surface area (Å²) >= 11 is 0. The number of pyridine rings is 1. The maximum absolute atomic E-state index is 12.0. The van der Waals surface area contributed by atoms with Crippen molar-refractivity contribution in [3.8, 4) is 11.3 Å². The molecule has 0 unspecified atom stereocenters. The Balaban J connectivity index is 0.00000300. The summed E-state index contributed by atoms with van der Waals surface area (Å²) in [4.78, 5) is 16.7. The van der Waals surface area contributed by atoms with Crippen LogP contribution in [0.3, 0.4) is 0 Å². The van der Waals surface area contributed by atoms with Gasteiger partial charge in [-0.2, -0.15) is 0 Å². The van der Waals surface area contributed by atoms with Crippen molar-refractivity contribution >= 4 is 16.6 Å². The van der Waals surface area contributed by atoms with Gasteiger partial charge in [0.15, 0.2) is 5.78 Å². The van der Waals surface area contributed by atoms with E-state index in [1.54, 1.807) is 0 Å². The molecule has 1 N–H and O–H groups in total. The van der Waals surface area contributed by atoms with E-state index in [0.29, 0.717) is 12.8 Å². The summed E-state index contributed by atoms with van der Waals surface area (Å²) in [5, 5.41) is 12.3. The second kappa shape index (κ2) is 9.95. The molecule has 3 aromatic rings. The number of fused-ring (bicyclic) bond motifs is 1. The zero-order chi connectivity index (χ0) is 20.1. The Kier molecular flexibility index (Phi) is 7.89. The second-order valence-corrected chi connectivity index (χ2v) is 7.90. The zero-order valence-corrected chi connectivity index (χ0v) is 19.3. The topological polar surface area (TPSA) is 50.2 Å². The van der Waals surface area contributed by atoms with E-state index in [1.165, 1.54) is 6.08 Å². The van der Waals surface area contributed by atoms with E-state index in [9.17, 15) is 9.90 Å². The Morgan fingerprint density at radius 2 is 1.86 bits per heavy atom. The average molecular weight is 564 g/mol. The second-order valence-electron chi connectivity index (χ2n) is 7.90. The first-order valence-electron chi connectivity index (χ1n) is 9.46. The van der Waals surface area contributed by atoms with Gasteiger partial charge in [-0.25, -0.2) is 0 Å². The fourth-order valence-electron chi connectivity index (χ4n) is 2.90. The SMILES string of the molecule is CC(C)(C)C(=O)/C=C(\O)C[CH]Cc1cccc(-c2[c-]ccc3ccccc23)n1.[Ir]. The summed E-state index contributed by atoms with van der Waals surface area (Å²) in [7, 11) is 0. The molecule has 0 saturated heterocycles. The minimum Gasteiger partial charge on any atom is -0.512 e. The molecule has 0 saturated carbocycles. The standard InChI is InChI=1S/C25H25NO2.Ir/c1-25(2,3)24(28)17-20(27)13-7-11-19-12-8-16-23(26-19)22-15-6-10-18-9-4-5-14-21(18)22;/h4-10,12,14,16-17,27H,11,13H2,1-3H3;/q-1;/b20-17-;. The number of rotatable bonds is 6. The maximum atomic E-state index is 12.0. The van der Waals surface area contributed by atoms with Crippen molar-refractivity contribution in [3.63, 3.8) is 0 Å². The quantitative estimate of drug-likeness (QED) is 0.231. The number of allylic oxidation sites excluding steroid dienone is 2. The number of nitrogens with zero attached hydrogens (tertiary/aromatic N) is 1. The van der Waals surface area contributed by atoms with Gasteiger partial charge in [0, 0.05) is 43.7 Å². The molecule has 4 heteroatoms. The molecule has 1 aromatic heterocycles.